The molecular formula is C13H19N3O3S. The van der Waals surface area contributed by atoms with E-state index < -0.39 is 5.97 Å². The van der Waals surface area contributed by atoms with Crippen LogP contribution in [0.5, 0.6) is 0 Å². The Morgan fingerprint density at radius 3 is 2.85 bits per heavy atom. The van der Waals surface area contributed by atoms with Crippen LogP contribution in [0.4, 0.5) is 5.13 Å². The summed E-state index contributed by atoms with van der Waals surface area (Å²) in [7, 11) is 0. The highest BCUT2D eigenvalue weighted by molar-refractivity contribution is 7.13. The van der Waals surface area contributed by atoms with Crippen molar-refractivity contribution in [3.63, 3.8) is 0 Å². The van der Waals surface area contributed by atoms with Crippen molar-refractivity contribution in [3.8, 4) is 0 Å². The molecule has 2 rings (SSSR count). The van der Waals surface area contributed by atoms with Gasteiger partial charge in [-0.2, -0.15) is 0 Å². The van der Waals surface area contributed by atoms with Gasteiger partial charge in [-0.25, -0.2) is 4.98 Å². The fourth-order valence-electron chi connectivity index (χ4n) is 2.65. The van der Waals surface area contributed by atoms with Crippen LogP contribution in [0, 0.1) is 11.8 Å². The minimum atomic E-state index is -0.753. The van der Waals surface area contributed by atoms with Gasteiger partial charge in [-0.3, -0.25) is 9.59 Å². The Kier molecular flexibility index (Phi) is 4.94. The van der Waals surface area contributed by atoms with Gasteiger partial charge in [-0.15, -0.1) is 11.3 Å². The molecule has 6 nitrogen and oxygen atoms in total. The fraction of sp³-hybridized carbons (Fsp3) is 0.615. The third-order valence-corrected chi connectivity index (χ3v) is 4.42. The number of carbonyl (C=O) groups excluding carboxylic acids is 1. The molecule has 0 spiro atoms. The zero-order valence-electron chi connectivity index (χ0n) is 11.2. The maximum atomic E-state index is 11.8. The van der Waals surface area contributed by atoms with Crippen molar-refractivity contribution in [1.82, 2.24) is 10.3 Å². The lowest BCUT2D eigenvalue weighted by molar-refractivity contribution is -0.145. The number of hydrogen-bond donors (Lipinski definition) is 3. The quantitative estimate of drug-likeness (QED) is 0.759. The van der Waals surface area contributed by atoms with Gasteiger partial charge in [0, 0.05) is 11.9 Å². The summed E-state index contributed by atoms with van der Waals surface area (Å²) in [5, 5.41) is 14.2. The zero-order valence-corrected chi connectivity index (χ0v) is 12.0. The number of nitrogens with zero attached hydrogens (tertiary/aromatic N) is 1. The summed E-state index contributed by atoms with van der Waals surface area (Å²) >= 11 is 1.31. The number of rotatable bonds is 5. The Morgan fingerprint density at radius 2 is 2.20 bits per heavy atom. The standard InChI is InChI=1S/C13H19N3O3S/c14-13-16-9(7-20-13)5-11(17)15-6-8-3-1-2-4-10(8)12(18)19/h7-8,10H,1-6H2,(H2,14,16)(H,15,17)(H,18,19). The van der Waals surface area contributed by atoms with Crippen LogP contribution in [-0.4, -0.2) is 28.5 Å². The molecule has 0 aromatic carbocycles. The van der Waals surface area contributed by atoms with Crippen molar-refractivity contribution in [2.75, 3.05) is 12.3 Å². The average molecular weight is 297 g/mol. The topological polar surface area (TPSA) is 105 Å². The van der Waals surface area contributed by atoms with E-state index >= 15 is 0 Å². The third-order valence-electron chi connectivity index (χ3n) is 3.70. The molecule has 4 N–H and O–H groups in total. The largest absolute Gasteiger partial charge is 0.481 e. The van der Waals surface area contributed by atoms with E-state index in [9.17, 15) is 14.7 Å². The second-order valence-corrected chi connectivity index (χ2v) is 6.04. The summed E-state index contributed by atoms with van der Waals surface area (Å²) < 4.78 is 0. The molecule has 0 saturated heterocycles. The summed E-state index contributed by atoms with van der Waals surface area (Å²) in [4.78, 5) is 27.0. The molecule has 1 aliphatic rings. The van der Waals surface area contributed by atoms with Crippen LogP contribution in [0.2, 0.25) is 0 Å². The van der Waals surface area contributed by atoms with E-state index in [0.717, 1.165) is 19.3 Å². The number of aromatic nitrogens is 1. The van der Waals surface area contributed by atoms with Gasteiger partial charge in [0.05, 0.1) is 18.0 Å². The van der Waals surface area contributed by atoms with E-state index in [2.05, 4.69) is 10.3 Å². The zero-order chi connectivity index (χ0) is 14.5. The van der Waals surface area contributed by atoms with E-state index in [1.165, 1.54) is 11.3 Å². The Labute approximate surface area is 121 Å². The SMILES string of the molecule is Nc1nc(CC(=O)NCC2CCCCC2C(=O)O)cs1. The minimum Gasteiger partial charge on any atom is -0.481 e. The van der Waals surface area contributed by atoms with E-state index in [1.807, 2.05) is 0 Å². The third kappa shape index (κ3) is 3.93. The first-order valence-electron chi connectivity index (χ1n) is 6.75. The van der Waals surface area contributed by atoms with Crippen molar-refractivity contribution >= 4 is 28.3 Å². The normalized spacial score (nSPS) is 22.4. The lowest BCUT2D eigenvalue weighted by Crippen LogP contribution is -2.37. The van der Waals surface area contributed by atoms with Gasteiger partial charge in [0.25, 0.3) is 0 Å². The predicted octanol–water partition coefficient (Wildman–Crippen LogP) is 1.27. The molecular weight excluding hydrogens is 278 g/mol. The molecule has 7 heteroatoms. The maximum absolute atomic E-state index is 11.8. The maximum Gasteiger partial charge on any atom is 0.306 e. The monoisotopic (exact) mass is 297 g/mol. The van der Waals surface area contributed by atoms with Gasteiger partial charge >= 0.3 is 5.97 Å². The first kappa shape index (κ1) is 14.8. The van der Waals surface area contributed by atoms with E-state index in [0.29, 0.717) is 23.8 Å². The van der Waals surface area contributed by atoms with Gasteiger partial charge in [0.15, 0.2) is 5.13 Å². The lowest BCUT2D eigenvalue weighted by Gasteiger charge is -2.28. The van der Waals surface area contributed by atoms with Crippen LogP contribution in [0.3, 0.4) is 0 Å². The van der Waals surface area contributed by atoms with Crippen molar-refractivity contribution < 1.29 is 14.7 Å². The van der Waals surface area contributed by atoms with Gasteiger partial charge in [0.1, 0.15) is 0 Å². The van der Waals surface area contributed by atoms with E-state index in [1.54, 1.807) is 5.38 Å². The second-order valence-electron chi connectivity index (χ2n) is 5.15. The minimum absolute atomic E-state index is 0.0331. The van der Waals surface area contributed by atoms with Crippen molar-refractivity contribution in [3.05, 3.63) is 11.1 Å². The molecule has 1 aromatic heterocycles. The highest BCUT2D eigenvalue weighted by atomic mass is 32.1. The smallest absolute Gasteiger partial charge is 0.306 e. The summed E-state index contributed by atoms with van der Waals surface area (Å²) in [6.07, 6.45) is 3.75. The highest BCUT2D eigenvalue weighted by Gasteiger charge is 2.30. The summed E-state index contributed by atoms with van der Waals surface area (Å²) in [5.74, 6) is -1.19. The molecule has 1 amide bonds. The number of nitrogen functional groups attached to an aromatic ring is 1. The number of nitrogens with one attached hydrogen (secondary N) is 1. The number of anilines is 1. The summed E-state index contributed by atoms with van der Waals surface area (Å²) in [6, 6.07) is 0. The number of aliphatic carboxylic acids is 1. The van der Waals surface area contributed by atoms with Crippen molar-refractivity contribution in [2.24, 2.45) is 11.8 Å². The van der Waals surface area contributed by atoms with E-state index in [4.69, 9.17) is 5.73 Å². The fourth-order valence-corrected chi connectivity index (χ4v) is 3.22. The molecule has 0 aliphatic heterocycles. The van der Waals surface area contributed by atoms with Gasteiger partial charge in [-0.1, -0.05) is 12.8 Å². The predicted molar refractivity (Wildman–Crippen MR) is 76.3 cm³/mol. The van der Waals surface area contributed by atoms with Gasteiger partial charge in [-0.05, 0) is 18.8 Å². The first-order chi connectivity index (χ1) is 9.56. The number of carboxylic acid groups (broad SMARTS) is 1. The molecule has 2 unspecified atom stereocenters. The van der Waals surface area contributed by atoms with Crippen molar-refractivity contribution in [2.45, 2.75) is 32.1 Å². The van der Waals surface area contributed by atoms with Crippen LogP contribution in [0.25, 0.3) is 0 Å². The van der Waals surface area contributed by atoms with Crippen LogP contribution in [0.1, 0.15) is 31.4 Å². The number of thiazole rings is 1. The Bertz CT molecular complexity index is 489. The van der Waals surface area contributed by atoms with Crippen LogP contribution >= 0.6 is 11.3 Å². The Balaban J connectivity index is 1.81. The molecule has 2 atom stereocenters. The van der Waals surface area contributed by atoms with E-state index in [-0.39, 0.29) is 24.2 Å². The van der Waals surface area contributed by atoms with Crippen LogP contribution in [0.15, 0.2) is 5.38 Å². The molecule has 110 valence electrons. The second kappa shape index (κ2) is 6.69. The Morgan fingerprint density at radius 1 is 1.45 bits per heavy atom. The number of carbonyl (C=O) groups is 2. The van der Waals surface area contributed by atoms with Gasteiger partial charge in [0.2, 0.25) is 5.91 Å². The first-order valence-corrected chi connectivity index (χ1v) is 7.63. The number of amides is 1. The highest BCUT2D eigenvalue weighted by Crippen LogP contribution is 2.29. The van der Waals surface area contributed by atoms with Crippen LogP contribution < -0.4 is 11.1 Å². The molecule has 1 saturated carbocycles. The summed E-state index contributed by atoms with van der Waals surface area (Å²) in [6.45, 7) is 0.426. The molecule has 0 radical (unpaired) electrons. The lowest BCUT2D eigenvalue weighted by atomic mass is 9.79. The van der Waals surface area contributed by atoms with Crippen LogP contribution in [-0.2, 0) is 16.0 Å². The molecule has 1 aromatic rings. The van der Waals surface area contributed by atoms with Gasteiger partial charge < -0.3 is 16.2 Å². The molecule has 1 fully saturated rings. The number of hydrogen-bond acceptors (Lipinski definition) is 5. The summed E-state index contributed by atoms with van der Waals surface area (Å²) in [5.41, 5.74) is 6.16. The molecule has 1 aliphatic carbocycles. The average Bonchev–Trinajstić information content (AvgIpc) is 2.82. The number of carboxylic acids is 1. The molecule has 20 heavy (non-hydrogen) atoms. The molecule has 1 heterocycles. The Hall–Kier alpha value is -1.63. The molecule has 0 bridgehead atoms. The number of nitrogens with two attached hydrogens (primary N) is 1. The van der Waals surface area contributed by atoms with Crippen molar-refractivity contribution in [1.29, 1.82) is 0 Å².